The maximum Gasteiger partial charge on any atom is 0.329 e. The van der Waals surface area contributed by atoms with Gasteiger partial charge in [-0.1, -0.05) is 30.3 Å². The van der Waals surface area contributed by atoms with Crippen LogP contribution in [0.15, 0.2) is 54.6 Å². The van der Waals surface area contributed by atoms with Crippen LogP contribution < -0.4 is 15.0 Å². The zero-order valence-corrected chi connectivity index (χ0v) is 17.8. The molecule has 2 amide bonds. The number of rotatable bonds is 7. The van der Waals surface area contributed by atoms with Crippen LogP contribution >= 0.6 is 0 Å². The monoisotopic (exact) mass is 422 g/mol. The lowest BCUT2D eigenvalue weighted by Gasteiger charge is -2.23. The van der Waals surface area contributed by atoms with Crippen LogP contribution in [-0.4, -0.2) is 43.6 Å². The summed E-state index contributed by atoms with van der Waals surface area (Å²) in [6, 6.07) is 14.0. The van der Waals surface area contributed by atoms with Gasteiger partial charge in [0.05, 0.1) is 7.11 Å². The van der Waals surface area contributed by atoms with Crippen LogP contribution in [0.5, 0.6) is 5.75 Å². The van der Waals surface area contributed by atoms with E-state index in [1.54, 1.807) is 37.1 Å². The molecule has 7 heteroatoms. The molecule has 2 aromatic rings. The number of hydrogen-bond donors (Lipinski definition) is 1. The molecule has 0 saturated heterocycles. The summed E-state index contributed by atoms with van der Waals surface area (Å²) in [5.74, 6) is -0.664. The van der Waals surface area contributed by atoms with Crippen molar-refractivity contribution in [2.45, 2.75) is 32.4 Å². The first-order valence-corrected chi connectivity index (χ1v) is 10.1. The number of para-hydroxylation sites is 1. The number of esters is 1. The summed E-state index contributed by atoms with van der Waals surface area (Å²) in [6.07, 6.45) is 2.79. The number of carbonyl (C=O) groups excluding carboxylic acids is 3. The Hall–Kier alpha value is -3.61. The second kappa shape index (κ2) is 9.93. The number of benzene rings is 2. The van der Waals surface area contributed by atoms with Crippen LogP contribution in [0.2, 0.25) is 0 Å². The number of nitrogens with one attached hydrogen (secondary N) is 1. The lowest BCUT2D eigenvalue weighted by molar-refractivity contribution is -0.156. The number of nitrogens with zero attached hydrogens (tertiary/aromatic N) is 1. The van der Waals surface area contributed by atoms with Gasteiger partial charge in [-0.05, 0) is 55.7 Å². The average Bonchev–Trinajstić information content (AvgIpc) is 3.21. The maximum atomic E-state index is 12.7. The Labute approximate surface area is 181 Å². The normalized spacial score (nSPS) is 14.6. The molecule has 31 heavy (non-hydrogen) atoms. The molecule has 0 aliphatic carbocycles. The van der Waals surface area contributed by atoms with E-state index in [2.05, 4.69) is 5.32 Å². The van der Waals surface area contributed by atoms with Gasteiger partial charge in [-0.25, -0.2) is 4.79 Å². The summed E-state index contributed by atoms with van der Waals surface area (Å²) in [4.78, 5) is 38.8. The fourth-order valence-electron chi connectivity index (χ4n) is 3.32. The Kier molecular flexibility index (Phi) is 7.07. The highest BCUT2D eigenvalue weighted by Crippen LogP contribution is 2.28. The molecule has 2 atom stereocenters. The van der Waals surface area contributed by atoms with Crippen molar-refractivity contribution in [3.63, 3.8) is 0 Å². The summed E-state index contributed by atoms with van der Waals surface area (Å²) in [5, 5.41) is 2.55. The summed E-state index contributed by atoms with van der Waals surface area (Å²) < 4.78 is 10.4. The van der Waals surface area contributed by atoms with Crippen molar-refractivity contribution in [1.29, 1.82) is 0 Å². The van der Waals surface area contributed by atoms with Gasteiger partial charge in [-0.3, -0.25) is 9.59 Å². The molecule has 0 bridgehead atoms. The minimum Gasteiger partial charge on any atom is -0.497 e. The van der Waals surface area contributed by atoms with Gasteiger partial charge in [0, 0.05) is 18.3 Å². The molecule has 3 rings (SSSR count). The summed E-state index contributed by atoms with van der Waals surface area (Å²) in [7, 11) is 1.58. The molecule has 0 radical (unpaired) electrons. The topological polar surface area (TPSA) is 84.9 Å². The fraction of sp³-hybridized carbons (Fsp3) is 0.292. The second-order valence-corrected chi connectivity index (χ2v) is 7.28. The molecule has 0 spiro atoms. The van der Waals surface area contributed by atoms with Gasteiger partial charge in [0.1, 0.15) is 11.8 Å². The number of ether oxygens (including phenoxy) is 2. The van der Waals surface area contributed by atoms with Gasteiger partial charge >= 0.3 is 5.97 Å². The van der Waals surface area contributed by atoms with Gasteiger partial charge in [0.25, 0.3) is 5.91 Å². The minimum atomic E-state index is -0.951. The fourth-order valence-corrected chi connectivity index (χ4v) is 3.32. The van der Waals surface area contributed by atoms with Crippen molar-refractivity contribution in [1.82, 2.24) is 5.32 Å². The van der Waals surface area contributed by atoms with Crippen molar-refractivity contribution in [2.24, 2.45) is 0 Å². The molecule has 162 valence electrons. The van der Waals surface area contributed by atoms with Gasteiger partial charge < -0.3 is 19.7 Å². The molecule has 1 N–H and O–H groups in total. The Morgan fingerprint density at radius 3 is 2.48 bits per heavy atom. The molecule has 0 aromatic heterocycles. The van der Waals surface area contributed by atoms with Crippen molar-refractivity contribution < 1.29 is 23.9 Å². The van der Waals surface area contributed by atoms with E-state index in [0.717, 1.165) is 29.0 Å². The highest BCUT2D eigenvalue weighted by Gasteiger charge is 2.30. The number of carbonyl (C=O) groups is 3. The zero-order chi connectivity index (χ0) is 22.4. The summed E-state index contributed by atoms with van der Waals surface area (Å²) in [6.45, 7) is 3.62. The number of fused-ring (bicyclic) bond motifs is 1. The second-order valence-electron chi connectivity index (χ2n) is 7.28. The lowest BCUT2D eigenvalue weighted by atomic mass is 10.2. The molecule has 1 aliphatic rings. The Morgan fingerprint density at radius 1 is 1.06 bits per heavy atom. The van der Waals surface area contributed by atoms with E-state index in [1.165, 1.54) is 13.0 Å². The Balaban J connectivity index is 1.50. The van der Waals surface area contributed by atoms with E-state index >= 15 is 0 Å². The predicted octanol–water partition coefficient (Wildman–Crippen LogP) is 2.73. The van der Waals surface area contributed by atoms with Crippen molar-refractivity contribution in [3.8, 4) is 5.75 Å². The predicted molar refractivity (Wildman–Crippen MR) is 118 cm³/mol. The van der Waals surface area contributed by atoms with E-state index in [0.29, 0.717) is 6.54 Å². The number of anilines is 1. The van der Waals surface area contributed by atoms with Crippen LogP contribution in [0.25, 0.3) is 6.08 Å². The highest BCUT2D eigenvalue weighted by molar-refractivity contribution is 5.99. The van der Waals surface area contributed by atoms with Crippen LogP contribution in [0.3, 0.4) is 0 Å². The van der Waals surface area contributed by atoms with Crippen LogP contribution in [0.1, 0.15) is 25.0 Å². The van der Waals surface area contributed by atoms with Crippen molar-refractivity contribution >= 4 is 29.5 Å². The van der Waals surface area contributed by atoms with Crippen molar-refractivity contribution in [3.05, 3.63) is 65.7 Å². The van der Waals surface area contributed by atoms with Crippen LogP contribution in [0, 0.1) is 0 Å². The number of hydrogen-bond acceptors (Lipinski definition) is 5. The Morgan fingerprint density at radius 2 is 1.77 bits per heavy atom. The molecule has 7 nitrogen and oxygen atoms in total. The van der Waals surface area contributed by atoms with Crippen molar-refractivity contribution in [2.75, 3.05) is 18.6 Å². The smallest absolute Gasteiger partial charge is 0.329 e. The molecular formula is C24H26N2O5. The van der Waals surface area contributed by atoms with E-state index in [-0.39, 0.29) is 5.91 Å². The quantitative estimate of drug-likeness (QED) is 0.548. The first-order valence-electron chi connectivity index (χ1n) is 10.1. The number of amides is 2. The first-order chi connectivity index (χ1) is 14.9. The van der Waals surface area contributed by atoms with Gasteiger partial charge in [0.2, 0.25) is 5.91 Å². The molecule has 0 fully saturated rings. The zero-order valence-electron chi connectivity index (χ0n) is 17.8. The molecule has 2 aromatic carbocycles. The van der Waals surface area contributed by atoms with E-state index in [4.69, 9.17) is 9.47 Å². The van der Waals surface area contributed by atoms with Gasteiger partial charge in [-0.2, -0.15) is 0 Å². The summed E-state index contributed by atoms with van der Waals surface area (Å²) >= 11 is 0. The standard InChI is InChI=1S/C24H26N2O5/c1-16(25-22(27)13-10-18-8-11-20(30-3)12-9-18)24(29)31-17(2)23(28)26-15-14-19-6-4-5-7-21(19)26/h4-13,16-17H,14-15H2,1-3H3,(H,25,27)/b13-10+/t16-,17+/m0/s1. The third kappa shape index (κ3) is 5.51. The first kappa shape index (κ1) is 22.1. The maximum absolute atomic E-state index is 12.7. The molecular weight excluding hydrogens is 396 g/mol. The molecule has 1 aliphatic heterocycles. The molecule has 0 saturated carbocycles. The van der Waals surface area contributed by atoms with Gasteiger partial charge in [-0.15, -0.1) is 0 Å². The average molecular weight is 422 g/mol. The van der Waals surface area contributed by atoms with Gasteiger partial charge in [0.15, 0.2) is 6.10 Å². The molecule has 1 heterocycles. The SMILES string of the molecule is COc1ccc(/C=C/C(=O)N[C@@H](C)C(=O)O[C@H](C)C(=O)N2CCc3ccccc32)cc1. The third-order valence-corrected chi connectivity index (χ3v) is 5.05. The minimum absolute atomic E-state index is 0.281. The number of methoxy groups -OCH3 is 1. The van der Waals surface area contributed by atoms with Crippen LogP contribution in [0.4, 0.5) is 5.69 Å². The van der Waals surface area contributed by atoms with Crippen LogP contribution in [-0.2, 0) is 25.5 Å². The van der Waals surface area contributed by atoms with E-state index in [1.807, 2.05) is 36.4 Å². The largest absolute Gasteiger partial charge is 0.497 e. The Bertz CT molecular complexity index is 984. The van der Waals surface area contributed by atoms with E-state index < -0.39 is 24.0 Å². The summed E-state index contributed by atoms with van der Waals surface area (Å²) in [5.41, 5.74) is 2.76. The molecule has 0 unspecified atom stereocenters. The lowest BCUT2D eigenvalue weighted by Crippen LogP contribution is -2.44. The third-order valence-electron chi connectivity index (χ3n) is 5.05. The highest BCUT2D eigenvalue weighted by atomic mass is 16.5. The van der Waals surface area contributed by atoms with E-state index in [9.17, 15) is 14.4 Å².